The van der Waals surface area contributed by atoms with E-state index in [0.29, 0.717) is 37.9 Å². The summed E-state index contributed by atoms with van der Waals surface area (Å²) >= 11 is 0. The molecule has 2 aliphatic heterocycles. The molecule has 0 aromatic rings. The van der Waals surface area contributed by atoms with Gasteiger partial charge >= 0.3 is 0 Å². The van der Waals surface area contributed by atoms with Crippen LogP contribution in [0.3, 0.4) is 0 Å². The highest BCUT2D eigenvalue weighted by Crippen LogP contribution is 2.38. The standard InChI is InChI=1S/C23H39FN4O3/c1-14-6-7-20(24)19-11-21(26-22(14)19)23(31)25-16-4-3-5-17(10-16)27-8-9-28(15(2)30)18(12-27)13-29/h14,16-22,26,29H,3-13H2,1-2H3,(H,25,31)/t14?,16-,17-,18-,19?,20?,21?,22?/m1/s1. The second-order valence-electron chi connectivity index (χ2n) is 10.3. The highest BCUT2D eigenvalue weighted by atomic mass is 19.1. The second kappa shape index (κ2) is 9.71. The van der Waals surface area contributed by atoms with E-state index in [1.54, 1.807) is 11.8 Å². The number of carbonyl (C=O) groups is 2. The minimum Gasteiger partial charge on any atom is -0.394 e. The highest BCUT2D eigenvalue weighted by molar-refractivity contribution is 5.82. The summed E-state index contributed by atoms with van der Waals surface area (Å²) in [6, 6.07) is 0.172. The molecule has 0 aromatic carbocycles. The molecular formula is C23H39FN4O3. The van der Waals surface area contributed by atoms with Crippen LogP contribution in [0.2, 0.25) is 0 Å². The Kier molecular flexibility index (Phi) is 7.18. The van der Waals surface area contributed by atoms with Gasteiger partial charge in [-0.25, -0.2) is 4.39 Å². The molecule has 3 N–H and O–H groups in total. The van der Waals surface area contributed by atoms with Gasteiger partial charge < -0.3 is 20.6 Å². The summed E-state index contributed by atoms with van der Waals surface area (Å²) in [6.07, 6.45) is 5.32. The van der Waals surface area contributed by atoms with E-state index in [2.05, 4.69) is 22.5 Å². The van der Waals surface area contributed by atoms with Gasteiger partial charge in [-0.2, -0.15) is 0 Å². The predicted molar refractivity (Wildman–Crippen MR) is 116 cm³/mol. The number of nitrogens with one attached hydrogen (secondary N) is 2. The van der Waals surface area contributed by atoms with Gasteiger partial charge in [-0.05, 0) is 50.9 Å². The van der Waals surface area contributed by atoms with E-state index in [0.717, 1.165) is 38.6 Å². The summed E-state index contributed by atoms with van der Waals surface area (Å²) in [5.41, 5.74) is 0. The van der Waals surface area contributed by atoms with E-state index in [1.165, 1.54) is 0 Å². The Morgan fingerprint density at radius 1 is 1.16 bits per heavy atom. The van der Waals surface area contributed by atoms with Gasteiger partial charge in [-0.1, -0.05) is 6.92 Å². The number of aliphatic hydroxyl groups excluding tert-OH is 1. The first-order chi connectivity index (χ1) is 14.9. The third-order valence-corrected chi connectivity index (χ3v) is 8.29. The first-order valence-corrected chi connectivity index (χ1v) is 12.2. The second-order valence-corrected chi connectivity index (χ2v) is 10.3. The summed E-state index contributed by atoms with van der Waals surface area (Å²) < 4.78 is 14.4. The van der Waals surface area contributed by atoms with Crippen molar-refractivity contribution in [1.29, 1.82) is 0 Å². The minimum absolute atomic E-state index is 0.0157. The lowest BCUT2D eigenvalue weighted by Gasteiger charge is -2.45. The SMILES string of the molecule is CC(=O)N1CCN([C@@H]2CCC[C@@H](NC(=O)C3CC4C(F)CCC(C)C4N3)C2)C[C@@H]1CO. The van der Waals surface area contributed by atoms with Crippen LogP contribution in [0.4, 0.5) is 4.39 Å². The predicted octanol–water partition coefficient (Wildman–Crippen LogP) is 1.05. The molecule has 0 spiro atoms. The van der Waals surface area contributed by atoms with Crippen LogP contribution in [0.5, 0.6) is 0 Å². The molecule has 2 heterocycles. The van der Waals surface area contributed by atoms with E-state index >= 15 is 0 Å². The van der Waals surface area contributed by atoms with Gasteiger partial charge in [0.25, 0.3) is 0 Å². The van der Waals surface area contributed by atoms with Crippen LogP contribution in [-0.4, -0.2) is 89.3 Å². The van der Waals surface area contributed by atoms with Crippen molar-refractivity contribution < 1.29 is 19.1 Å². The maximum Gasteiger partial charge on any atom is 0.237 e. The van der Waals surface area contributed by atoms with Crippen LogP contribution < -0.4 is 10.6 Å². The first-order valence-electron chi connectivity index (χ1n) is 12.2. The zero-order valence-corrected chi connectivity index (χ0v) is 18.9. The average Bonchev–Trinajstić information content (AvgIpc) is 3.23. The molecule has 0 radical (unpaired) electrons. The van der Waals surface area contributed by atoms with Crippen molar-refractivity contribution in [2.45, 2.75) is 95.2 Å². The van der Waals surface area contributed by atoms with Crippen molar-refractivity contribution in [1.82, 2.24) is 20.4 Å². The van der Waals surface area contributed by atoms with Crippen LogP contribution in [0.1, 0.15) is 58.8 Å². The normalized spacial score (nSPS) is 41.6. The zero-order chi connectivity index (χ0) is 22.1. The van der Waals surface area contributed by atoms with Crippen LogP contribution in [0, 0.1) is 11.8 Å². The number of hydrogen-bond donors (Lipinski definition) is 3. The van der Waals surface area contributed by atoms with E-state index in [9.17, 15) is 19.1 Å². The molecule has 8 atom stereocenters. The fourth-order valence-corrected chi connectivity index (χ4v) is 6.51. The number of amides is 2. The van der Waals surface area contributed by atoms with Crippen LogP contribution in [0.15, 0.2) is 0 Å². The van der Waals surface area contributed by atoms with Gasteiger partial charge in [0.1, 0.15) is 6.17 Å². The maximum atomic E-state index is 14.4. The molecule has 5 unspecified atom stereocenters. The van der Waals surface area contributed by atoms with Gasteiger partial charge in [0.2, 0.25) is 11.8 Å². The molecule has 31 heavy (non-hydrogen) atoms. The molecule has 7 nitrogen and oxygen atoms in total. The summed E-state index contributed by atoms with van der Waals surface area (Å²) in [4.78, 5) is 28.9. The fraction of sp³-hybridized carbons (Fsp3) is 0.913. The van der Waals surface area contributed by atoms with E-state index < -0.39 is 6.17 Å². The number of rotatable bonds is 4. The molecule has 2 saturated carbocycles. The molecule has 0 bridgehead atoms. The number of alkyl halides is 1. The topological polar surface area (TPSA) is 84.9 Å². The van der Waals surface area contributed by atoms with Gasteiger partial charge in [0.15, 0.2) is 0 Å². The van der Waals surface area contributed by atoms with E-state index in [1.807, 2.05) is 0 Å². The van der Waals surface area contributed by atoms with Crippen molar-refractivity contribution in [3.8, 4) is 0 Å². The Hall–Kier alpha value is -1.25. The minimum atomic E-state index is -0.793. The molecule has 2 amide bonds. The van der Waals surface area contributed by atoms with E-state index in [-0.39, 0.29) is 48.5 Å². The lowest BCUT2D eigenvalue weighted by Crippen LogP contribution is -2.59. The number of aliphatic hydroxyl groups is 1. The zero-order valence-electron chi connectivity index (χ0n) is 18.9. The Morgan fingerprint density at radius 3 is 2.68 bits per heavy atom. The summed E-state index contributed by atoms with van der Waals surface area (Å²) in [6.45, 7) is 5.84. The first kappa shape index (κ1) is 22.9. The molecule has 2 aliphatic carbocycles. The van der Waals surface area contributed by atoms with Crippen LogP contribution in [0.25, 0.3) is 0 Å². The molecular weight excluding hydrogens is 399 g/mol. The van der Waals surface area contributed by atoms with Crippen molar-refractivity contribution in [3.63, 3.8) is 0 Å². The molecule has 2 saturated heterocycles. The van der Waals surface area contributed by atoms with Crippen LogP contribution >= 0.6 is 0 Å². The lowest BCUT2D eigenvalue weighted by atomic mass is 9.77. The Morgan fingerprint density at radius 2 is 1.97 bits per heavy atom. The van der Waals surface area contributed by atoms with Gasteiger partial charge in [0, 0.05) is 50.6 Å². The smallest absolute Gasteiger partial charge is 0.237 e. The largest absolute Gasteiger partial charge is 0.394 e. The third-order valence-electron chi connectivity index (χ3n) is 8.29. The van der Waals surface area contributed by atoms with Gasteiger partial charge in [-0.15, -0.1) is 0 Å². The van der Waals surface area contributed by atoms with Crippen LogP contribution in [-0.2, 0) is 9.59 Å². The number of piperazine rings is 1. The highest BCUT2D eigenvalue weighted by Gasteiger charge is 2.46. The molecule has 4 rings (SSSR count). The Bertz CT molecular complexity index is 647. The maximum absolute atomic E-state index is 14.4. The number of fused-ring (bicyclic) bond motifs is 1. The summed E-state index contributed by atoms with van der Waals surface area (Å²) in [7, 11) is 0. The van der Waals surface area contributed by atoms with Gasteiger partial charge in [-0.3, -0.25) is 14.5 Å². The fourth-order valence-electron chi connectivity index (χ4n) is 6.51. The molecule has 4 aliphatic rings. The van der Waals surface area contributed by atoms with E-state index in [4.69, 9.17) is 0 Å². The molecule has 0 aromatic heterocycles. The van der Waals surface area contributed by atoms with Crippen molar-refractivity contribution in [3.05, 3.63) is 0 Å². The van der Waals surface area contributed by atoms with Crippen molar-refractivity contribution in [2.75, 3.05) is 26.2 Å². The monoisotopic (exact) mass is 438 g/mol. The summed E-state index contributed by atoms with van der Waals surface area (Å²) in [5, 5.41) is 16.4. The summed E-state index contributed by atoms with van der Waals surface area (Å²) in [5.74, 6) is 0.421. The van der Waals surface area contributed by atoms with Crippen molar-refractivity contribution in [2.24, 2.45) is 11.8 Å². The number of halogens is 1. The Labute approximate surface area is 185 Å². The quantitative estimate of drug-likeness (QED) is 0.611. The lowest BCUT2D eigenvalue weighted by molar-refractivity contribution is -0.136. The average molecular weight is 439 g/mol. The van der Waals surface area contributed by atoms with Crippen molar-refractivity contribution >= 4 is 11.8 Å². The molecule has 176 valence electrons. The number of hydrogen-bond acceptors (Lipinski definition) is 5. The third kappa shape index (κ3) is 4.91. The number of carbonyl (C=O) groups excluding carboxylic acids is 2. The molecule has 4 fully saturated rings. The molecule has 8 heteroatoms. The van der Waals surface area contributed by atoms with Gasteiger partial charge in [0.05, 0.1) is 18.7 Å². The Balaban J connectivity index is 1.30. The number of nitrogens with zero attached hydrogens (tertiary/aromatic N) is 2.